The van der Waals surface area contributed by atoms with Crippen LogP contribution in [0.3, 0.4) is 0 Å². The maximum absolute atomic E-state index is 5.24. The SMILES string of the molecule is CC1(C)c2cc(-c3nc(-c4ccccc4)nc(-c4ccccc4)n3)ccc2-c2c1c1c(c3c2C(C)(C)C(C)(C)C(C)(C)C3(C)C)C2C=CC(c3nc(-c4ccccc4)nc(-c4ccccc4)n3)=CC2C1(C)C. The molecule has 0 radical (unpaired) electrons. The molecule has 6 heteroatoms. The first-order chi connectivity index (χ1) is 34.2. The van der Waals surface area contributed by atoms with Crippen LogP contribution in [0, 0.1) is 16.7 Å². The molecule has 12 rings (SSSR count). The Morgan fingerprint density at radius 1 is 0.389 bits per heavy atom. The van der Waals surface area contributed by atoms with Gasteiger partial charge in [0.1, 0.15) is 0 Å². The molecular formula is C66H64N6. The Kier molecular flexibility index (Phi) is 9.99. The summed E-state index contributed by atoms with van der Waals surface area (Å²) in [4.78, 5) is 31.0. The van der Waals surface area contributed by atoms with Crippen molar-refractivity contribution in [3.63, 3.8) is 0 Å². The Hall–Kier alpha value is -7.18. The highest BCUT2D eigenvalue weighted by Gasteiger charge is 2.65. The minimum Gasteiger partial charge on any atom is -0.208 e. The summed E-state index contributed by atoms with van der Waals surface area (Å²) in [5, 5.41) is 0. The molecule has 6 aromatic carbocycles. The first-order valence-corrected chi connectivity index (χ1v) is 25.8. The second-order valence-corrected chi connectivity index (χ2v) is 24.0. The molecule has 358 valence electrons. The van der Waals surface area contributed by atoms with Crippen molar-refractivity contribution in [3.8, 4) is 68.1 Å². The van der Waals surface area contributed by atoms with E-state index >= 15 is 0 Å². The van der Waals surface area contributed by atoms with Gasteiger partial charge in [0.15, 0.2) is 34.9 Å². The first-order valence-electron chi connectivity index (χ1n) is 25.8. The number of fused-ring (bicyclic) bond motifs is 10. The number of hydrogen-bond acceptors (Lipinski definition) is 6. The van der Waals surface area contributed by atoms with E-state index in [-0.39, 0.29) is 44.3 Å². The summed E-state index contributed by atoms with van der Waals surface area (Å²) < 4.78 is 0. The third-order valence-electron chi connectivity index (χ3n) is 19.0. The molecule has 0 bridgehead atoms. The molecule has 72 heavy (non-hydrogen) atoms. The van der Waals surface area contributed by atoms with Gasteiger partial charge in [-0.3, -0.25) is 0 Å². The molecule has 0 aliphatic heterocycles. The maximum atomic E-state index is 5.24. The zero-order chi connectivity index (χ0) is 50.3. The van der Waals surface area contributed by atoms with E-state index in [0.29, 0.717) is 34.9 Å². The Morgan fingerprint density at radius 3 is 1.24 bits per heavy atom. The van der Waals surface area contributed by atoms with Crippen LogP contribution in [0.2, 0.25) is 0 Å². The fourth-order valence-corrected chi connectivity index (χ4v) is 13.5. The second kappa shape index (κ2) is 15.7. The van der Waals surface area contributed by atoms with Gasteiger partial charge in [-0.2, -0.15) is 0 Å². The van der Waals surface area contributed by atoms with Gasteiger partial charge in [0.2, 0.25) is 0 Å². The van der Waals surface area contributed by atoms with Gasteiger partial charge in [-0.15, -0.1) is 0 Å². The van der Waals surface area contributed by atoms with Crippen molar-refractivity contribution in [2.75, 3.05) is 0 Å². The standard InChI is InChI=1S/C66H64N6/c1-61(2)47-37-43(59-69-55(39-25-17-13-18-26-39)67-56(70-59)40-27-19-14-20-28-40)33-35-45(47)49-51(61)52-50(54-53(49)63(5,6)65(9,10)66(11,12)64(54,7)8)46-36-34-44(38-48(46)62(52,3)4)60-71-57(41-29-21-15-22-30-41)68-58(72-60)42-31-23-16-24-32-42/h13-38,45,47H,1-12H3. The lowest BCUT2D eigenvalue weighted by Crippen LogP contribution is -2.60. The second-order valence-electron chi connectivity index (χ2n) is 24.0. The van der Waals surface area contributed by atoms with Crippen LogP contribution in [0.1, 0.15) is 128 Å². The van der Waals surface area contributed by atoms with E-state index in [1.54, 1.807) is 0 Å². The summed E-state index contributed by atoms with van der Waals surface area (Å²) in [6, 6.07) is 48.2. The molecule has 2 unspecified atom stereocenters. The molecule has 0 fully saturated rings. The van der Waals surface area contributed by atoms with Gasteiger partial charge in [0.05, 0.1) is 0 Å². The summed E-state index contributed by atoms with van der Waals surface area (Å²) in [6.45, 7) is 30.3. The summed E-state index contributed by atoms with van der Waals surface area (Å²) in [5.74, 6) is 4.35. The molecule has 0 spiro atoms. The smallest absolute Gasteiger partial charge is 0.164 e. The molecule has 8 aromatic rings. The van der Waals surface area contributed by atoms with E-state index in [0.717, 1.165) is 33.4 Å². The average molecular weight is 941 g/mol. The zero-order valence-corrected chi connectivity index (χ0v) is 43.8. The highest BCUT2D eigenvalue weighted by atomic mass is 15.0. The molecule has 0 amide bonds. The fourth-order valence-electron chi connectivity index (χ4n) is 13.5. The van der Waals surface area contributed by atoms with Crippen molar-refractivity contribution in [2.45, 2.75) is 111 Å². The van der Waals surface area contributed by atoms with Crippen molar-refractivity contribution >= 4 is 5.57 Å². The van der Waals surface area contributed by atoms with Crippen LogP contribution < -0.4 is 0 Å². The van der Waals surface area contributed by atoms with Crippen LogP contribution in [0.15, 0.2) is 158 Å². The maximum Gasteiger partial charge on any atom is 0.164 e. The van der Waals surface area contributed by atoms with Crippen LogP contribution in [-0.4, -0.2) is 29.9 Å². The monoisotopic (exact) mass is 941 g/mol. The lowest BCUT2D eigenvalue weighted by Gasteiger charge is -2.65. The third-order valence-corrected chi connectivity index (χ3v) is 19.0. The molecule has 0 saturated carbocycles. The summed E-state index contributed by atoms with van der Waals surface area (Å²) in [5.41, 5.74) is 16.3. The topological polar surface area (TPSA) is 77.3 Å². The van der Waals surface area contributed by atoms with E-state index < -0.39 is 0 Å². The van der Waals surface area contributed by atoms with Crippen LogP contribution >= 0.6 is 0 Å². The van der Waals surface area contributed by atoms with Gasteiger partial charge in [-0.1, -0.05) is 235 Å². The molecule has 4 aliphatic rings. The van der Waals surface area contributed by atoms with Crippen LogP contribution in [0.4, 0.5) is 0 Å². The first kappa shape index (κ1) is 45.9. The van der Waals surface area contributed by atoms with Gasteiger partial charge in [-0.25, -0.2) is 29.9 Å². The van der Waals surface area contributed by atoms with Crippen molar-refractivity contribution in [2.24, 2.45) is 16.7 Å². The largest absolute Gasteiger partial charge is 0.208 e. The normalized spacial score (nSPS) is 20.6. The lowest BCUT2D eigenvalue weighted by molar-refractivity contribution is -0.0443. The van der Waals surface area contributed by atoms with Gasteiger partial charge in [0, 0.05) is 44.7 Å². The van der Waals surface area contributed by atoms with E-state index in [4.69, 9.17) is 29.9 Å². The number of aromatic nitrogens is 6. The Bertz CT molecular complexity index is 3450. The van der Waals surface area contributed by atoms with Crippen molar-refractivity contribution in [3.05, 3.63) is 197 Å². The minimum absolute atomic E-state index is 0.0703. The molecular weight excluding hydrogens is 877 g/mol. The quantitative estimate of drug-likeness (QED) is 0.165. The molecule has 2 heterocycles. The van der Waals surface area contributed by atoms with E-state index in [2.05, 4.69) is 168 Å². The highest BCUT2D eigenvalue weighted by molar-refractivity contribution is 5.91. The van der Waals surface area contributed by atoms with E-state index in [9.17, 15) is 0 Å². The highest BCUT2D eigenvalue weighted by Crippen LogP contribution is 2.73. The summed E-state index contributed by atoms with van der Waals surface area (Å²) in [6.07, 6.45) is 7.34. The van der Waals surface area contributed by atoms with Gasteiger partial charge >= 0.3 is 0 Å². The molecule has 0 saturated heterocycles. The third kappa shape index (κ3) is 6.39. The number of rotatable bonds is 6. The number of hydrogen-bond donors (Lipinski definition) is 0. The van der Waals surface area contributed by atoms with Crippen molar-refractivity contribution in [1.29, 1.82) is 0 Å². The molecule has 6 nitrogen and oxygen atoms in total. The predicted molar refractivity (Wildman–Crippen MR) is 294 cm³/mol. The van der Waals surface area contributed by atoms with E-state index in [1.165, 1.54) is 44.5 Å². The zero-order valence-electron chi connectivity index (χ0n) is 43.8. The van der Waals surface area contributed by atoms with Gasteiger partial charge < -0.3 is 0 Å². The summed E-state index contributed by atoms with van der Waals surface area (Å²) in [7, 11) is 0. The molecule has 4 aliphatic carbocycles. The molecule has 0 N–H and O–H groups in total. The van der Waals surface area contributed by atoms with Gasteiger partial charge in [-0.05, 0) is 83.6 Å². The Balaban J connectivity index is 1.08. The predicted octanol–water partition coefficient (Wildman–Crippen LogP) is 16.0. The van der Waals surface area contributed by atoms with Crippen LogP contribution in [0.5, 0.6) is 0 Å². The van der Waals surface area contributed by atoms with Crippen LogP contribution in [-0.2, 0) is 21.7 Å². The molecule has 2 aromatic heterocycles. The van der Waals surface area contributed by atoms with E-state index in [1.807, 2.05) is 72.8 Å². The molecule has 2 atom stereocenters. The number of nitrogens with zero attached hydrogens (tertiary/aromatic N) is 6. The van der Waals surface area contributed by atoms with Crippen molar-refractivity contribution < 1.29 is 0 Å². The van der Waals surface area contributed by atoms with Gasteiger partial charge in [0.25, 0.3) is 0 Å². The minimum atomic E-state index is -0.362. The lowest BCUT2D eigenvalue weighted by atomic mass is 9.39. The Labute approximate surface area is 426 Å². The Morgan fingerprint density at radius 2 is 0.792 bits per heavy atom. The summed E-state index contributed by atoms with van der Waals surface area (Å²) >= 11 is 0. The van der Waals surface area contributed by atoms with Crippen LogP contribution in [0.25, 0.3) is 73.6 Å². The van der Waals surface area contributed by atoms with Crippen molar-refractivity contribution in [1.82, 2.24) is 29.9 Å². The average Bonchev–Trinajstić information content (AvgIpc) is 3.76. The number of benzene rings is 6. The fraction of sp³-hybridized carbons (Fsp3) is 0.303. The number of allylic oxidation sites excluding steroid dienone is 4.